The fourth-order valence-corrected chi connectivity index (χ4v) is 5.85. The number of piperazine rings is 1. The van der Waals surface area contributed by atoms with E-state index in [0.29, 0.717) is 35.6 Å². The number of hydrogen-bond donors (Lipinski definition) is 1. The first-order valence-corrected chi connectivity index (χ1v) is 13.3. The number of hydrogen-bond acceptors (Lipinski definition) is 8. The number of fused-ring (bicyclic) bond motifs is 1. The standard InChI is InChI=1S/C23H32N6O5S/c1-25-21-20(22(31)26(2)23(25)32)29(17-24-21)16-18(30)15-28-12-10-27(11-13-28)9-6-14-35(33,34)19-7-4-3-5-8-19/h3-5,7-8,17-18,30H,6,9-16H2,1-2H3. The largest absolute Gasteiger partial charge is 0.390 e. The molecule has 3 heterocycles. The summed E-state index contributed by atoms with van der Waals surface area (Å²) >= 11 is 0. The van der Waals surface area contributed by atoms with Gasteiger partial charge in [0.1, 0.15) is 0 Å². The number of β-amino-alcohol motifs (C(OH)–C–C–N with tert-alkyl or cyclic N) is 1. The number of sulfone groups is 1. The fraction of sp³-hybridized carbons (Fsp3) is 0.522. The Kier molecular flexibility index (Phi) is 7.55. The zero-order valence-electron chi connectivity index (χ0n) is 20.1. The Labute approximate surface area is 203 Å². The third-order valence-electron chi connectivity index (χ3n) is 6.55. The van der Waals surface area contributed by atoms with Crippen LogP contribution in [0.25, 0.3) is 11.2 Å². The molecule has 0 spiro atoms. The summed E-state index contributed by atoms with van der Waals surface area (Å²) in [5, 5.41) is 10.7. The Morgan fingerprint density at radius 1 is 0.971 bits per heavy atom. The summed E-state index contributed by atoms with van der Waals surface area (Å²) in [7, 11) is -0.271. The van der Waals surface area contributed by atoms with Gasteiger partial charge in [0.15, 0.2) is 21.0 Å². The Bertz CT molecular complexity index is 1390. The van der Waals surface area contributed by atoms with Gasteiger partial charge in [-0.2, -0.15) is 0 Å². The first-order chi connectivity index (χ1) is 16.7. The minimum atomic E-state index is -3.26. The minimum Gasteiger partial charge on any atom is -0.390 e. The van der Waals surface area contributed by atoms with Crippen LogP contribution in [0.4, 0.5) is 0 Å². The minimum absolute atomic E-state index is 0.125. The molecule has 1 aliphatic heterocycles. The number of imidazole rings is 1. The maximum atomic E-state index is 12.6. The molecule has 1 unspecified atom stereocenters. The molecule has 1 aliphatic rings. The predicted molar refractivity (Wildman–Crippen MR) is 132 cm³/mol. The van der Waals surface area contributed by atoms with Crippen molar-refractivity contribution in [1.29, 1.82) is 0 Å². The second kappa shape index (κ2) is 10.4. The highest BCUT2D eigenvalue weighted by molar-refractivity contribution is 7.91. The number of aliphatic hydroxyl groups is 1. The normalized spacial score (nSPS) is 16.7. The van der Waals surface area contributed by atoms with Crippen LogP contribution < -0.4 is 11.2 Å². The summed E-state index contributed by atoms with van der Waals surface area (Å²) in [6.45, 7) is 4.49. The van der Waals surface area contributed by atoms with E-state index in [1.54, 1.807) is 41.9 Å². The Balaban J connectivity index is 1.26. The molecule has 35 heavy (non-hydrogen) atoms. The molecule has 1 saturated heterocycles. The molecule has 0 bridgehead atoms. The molecule has 0 amide bonds. The van der Waals surface area contributed by atoms with Crippen LogP contribution in [0.3, 0.4) is 0 Å². The molecule has 12 heteroatoms. The summed E-state index contributed by atoms with van der Waals surface area (Å²) in [5.74, 6) is 0.125. The van der Waals surface area contributed by atoms with Crippen molar-refractivity contribution in [2.45, 2.75) is 24.0 Å². The van der Waals surface area contributed by atoms with E-state index in [9.17, 15) is 23.1 Å². The van der Waals surface area contributed by atoms with E-state index in [2.05, 4.69) is 14.8 Å². The van der Waals surface area contributed by atoms with Crippen molar-refractivity contribution in [2.75, 3.05) is 45.0 Å². The molecule has 190 valence electrons. The van der Waals surface area contributed by atoms with Gasteiger partial charge in [0.25, 0.3) is 5.56 Å². The Hall–Kier alpha value is -2.80. The van der Waals surface area contributed by atoms with Gasteiger partial charge in [-0.3, -0.25) is 18.8 Å². The van der Waals surface area contributed by atoms with Crippen LogP contribution in [0.1, 0.15) is 6.42 Å². The van der Waals surface area contributed by atoms with Gasteiger partial charge in [-0.25, -0.2) is 18.2 Å². The number of aromatic nitrogens is 4. The molecule has 2 aromatic heterocycles. The van der Waals surface area contributed by atoms with Crippen molar-refractivity contribution in [3.8, 4) is 0 Å². The van der Waals surface area contributed by atoms with Gasteiger partial charge in [-0.15, -0.1) is 0 Å². The highest BCUT2D eigenvalue weighted by atomic mass is 32.2. The SMILES string of the molecule is Cn1c(=O)c2c(ncn2CC(O)CN2CCN(CCCS(=O)(=O)c3ccccc3)CC2)n(C)c1=O. The van der Waals surface area contributed by atoms with Crippen molar-refractivity contribution in [3.05, 3.63) is 57.5 Å². The van der Waals surface area contributed by atoms with Crippen molar-refractivity contribution < 1.29 is 13.5 Å². The lowest BCUT2D eigenvalue weighted by Gasteiger charge is -2.35. The third kappa shape index (κ3) is 5.56. The Morgan fingerprint density at radius 3 is 2.31 bits per heavy atom. The van der Waals surface area contributed by atoms with E-state index in [1.807, 2.05) is 0 Å². The summed E-state index contributed by atoms with van der Waals surface area (Å²) in [4.78, 5) is 33.6. The van der Waals surface area contributed by atoms with Crippen molar-refractivity contribution in [1.82, 2.24) is 28.5 Å². The van der Waals surface area contributed by atoms with E-state index in [1.165, 1.54) is 17.9 Å². The van der Waals surface area contributed by atoms with Gasteiger partial charge in [0.05, 0.1) is 29.6 Å². The van der Waals surface area contributed by atoms with Gasteiger partial charge in [0, 0.05) is 46.8 Å². The van der Waals surface area contributed by atoms with Crippen LogP contribution in [0, 0.1) is 0 Å². The molecule has 1 fully saturated rings. The first-order valence-electron chi connectivity index (χ1n) is 11.7. The monoisotopic (exact) mass is 504 g/mol. The highest BCUT2D eigenvalue weighted by Gasteiger charge is 2.22. The van der Waals surface area contributed by atoms with E-state index in [-0.39, 0.29) is 12.3 Å². The van der Waals surface area contributed by atoms with E-state index >= 15 is 0 Å². The van der Waals surface area contributed by atoms with Crippen LogP contribution >= 0.6 is 0 Å². The topological polar surface area (TPSA) is 123 Å². The lowest BCUT2D eigenvalue weighted by molar-refractivity contribution is 0.0650. The molecule has 4 rings (SSSR count). The number of benzene rings is 1. The molecule has 1 aromatic carbocycles. The molecule has 3 aromatic rings. The molecular formula is C23H32N6O5S. The average Bonchev–Trinajstić information content (AvgIpc) is 3.26. The van der Waals surface area contributed by atoms with Crippen LogP contribution in [-0.2, 0) is 30.5 Å². The summed E-state index contributed by atoms with van der Waals surface area (Å²) in [6, 6.07) is 8.53. The smallest absolute Gasteiger partial charge is 0.332 e. The highest BCUT2D eigenvalue weighted by Crippen LogP contribution is 2.13. The van der Waals surface area contributed by atoms with Crippen LogP contribution in [0.5, 0.6) is 0 Å². The van der Waals surface area contributed by atoms with Gasteiger partial charge >= 0.3 is 5.69 Å². The van der Waals surface area contributed by atoms with Gasteiger partial charge in [0.2, 0.25) is 0 Å². The van der Waals surface area contributed by atoms with E-state index in [0.717, 1.165) is 30.7 Å². The molecule has 0 saturated carbocycles. The maximum absolute atomic E-state index is 12.6. The summed E-state index contributed by atoms with van der Waals surface area (Å²) in [6.07, 6.45) is 1.35. The second-order valence-corrected chi connectivity index (χ2v) is 11.2. The molecule has 0 radical (unpaired) electrons. The predicted octanol–water partition coefficient (Wildman–Crippen LogP) is -0.724. The Morgan fingerprint density at radius 2 is 1.63 bits per heavy atom. The molecule has 0 aliphatic carbocycles. The summed E-state index contributed by atoms with van der Waals surface area (Å²) in [5.41, 5.74) is -0.281. The molecule has 11 nitrogen and oxygen atoms in total. The third-order valence-corrected chi connectivity index (χ3v) is 8.36. The van der Waals surface area contributed by atoms with Crippen molar-refractivity contribution in [3.63, 3.8) is 0 Å². The zero-order chi connectivity index (χ0) is 25.2. The number of nitrogens with zero attached hydrogens (tertiary/aromatic N) is 6. The van der Waals surface area contributed by atoms with Crippen molar-refractivity contribution >= 4 is 21.0 Å². The molecule has 1 atom stereocenters. The van der Waals surface area contributed by atoms with E-state index in [4.69, 9.17) is 0 Å². The number of aryl methyl sites for hydroxylation is 1. The van der Waals surface area contributed by atoms with Gasteiger partial charge < -0.3 is 14.6 Å². The fourth-order valence-electron chi connectivity index (χ4n) is 4.54. The maximum Gasteiger partial charge on any atom is 0.332 e. The molecule has 1 N–H and O–H groups in total. The lowest BCUT2D eigenvalue weighted by atomic mass is 10.2. The molecular weight excluding hydrogens is 472 g/mol. The lowest BCUT2D eigenvalue weighted by Crippen LogP contribution is -2.49. The average molecular weight is 505 g/mol. The van der Waals surface area contributed by atoms with Crippen LogP contribution in [0.15, 0.2) is 51.1 Å². The second-order valence-electron chi connectivity index (χ2n) is 9.06. The number of rotatable bonds is 9. The van der Waals surface area contributed by atoms with Crippen LogP contribution in [0.2, 0.25) is 0 Å². The summed E-state index contributed by atoms with van der Waals surface area (Å²) < 4.78 is 28.8. The van der Waals surface area contributed by atoms with Gasteiger partial charge in [-0.1, -0.05) is 18.2 Å². The van der Waals surface area contributed by atoms with E-state index < -0.39 is 27.2 Å². The zero-order valence-corrected chi connectivity index (χ0v) is 20.9. The first kappa shape index (κ1) is 25.3. The van der Waals surface area contributed by atoms with Crippen LogP contribution in [-0.4, -0.2) is 93.1 Å². The van der Waals surface area contributed by atoms with Crippen molar-refractivity contribution in [2.24, 2.45) is 14.1 Å². The quantitative estimate of drug-likeness (QED) is 0.405. The number of aliphatic hydroxyl groups excluding tert-OH is 1. The van der Waals surface area contributed by atoms with Gasteiger partial charge in [-0.05, 0) is 25.1 Å².